The van der Waals surface area contributed by atoms with E-state index in [1.807, 2.05) is 0 Å². The number of carbonyl (C=O) groups excluding carboxylic acids is 1. The number of benzene rings is 1. The van der Waals surface area contributed by atoms with Crippen LogP contribution in [-0.4, -0.2) is 14.3 Å². The van der Waals surface area contributed by atoms with Gasteiger partial charge in [-0.1, -0.05) is 18.5 Å². The lowest BCUT2D eigenvalue weighted by Crippen LogP contribution is -2.13. The molecule has 0 aliphatic carbocycles. The van der Waals surface area contributed by atoms with Crippen molar-refractivity contribution in [3.8, 4) is 0 Å². The molecule has 0 heterocycles. The van der Waals surface area contributed by atoms with Crippen LogP contribution in [-0.2, 0) is 14.8 Å². The average Bonchev–Trinajstić information content (AvgIpc) is 2.15. The summed E-state index contributed by atoms with van der Waals surface area (Å²) in [6, 6.07) is 4.02. The summed E-state index contributed by atoms with van der Waals surface area (Å²) < 4.78 is 22.1. The zero-order valence-corrected chi connectivity index (χ0v) is 10.1. The summed E-state index contributed by atoms with van der Waals surface area (Å²) >= 11 is 5.73. The molecule has 0 fully saturated rings. The van der Waals surface area contributed by atoms with E-state index in [0.29, 0.717) is 12.1 Å². The molecule has 16 heavy (non-hydrogen) atoms. The Morgan fingerprint density at radius 1 is 1.50 bits per heavy atom. The van der Waals surface area contributed by atoms with E-state index >= 15 is 0 Å². The Balaban J connectivity index is 3.05. The number of hydrogen-bond acceptors (Lipinski definition) is 3. The molecule has 7 heteroatoms. The van der Waals surface area contributed by atoms with Gasteiger partial charge < -0.3 is 5.32 Å². The van der Waals surface area contributed by atoms with E-state index < -0.39 is 10.0 Å². The number of primary sulfonamides is 1. The summed E-state index contributed by atoms with van der Waals surface area (Å²) in [5.41, 5.74) is 0.434. The standard InChI is InChI=1S/C9H11ClN2O3S/c1-2-9(13)12-6-3-4-8(7(10)5-6)16(11,14)15/h3-5H,2H2,1H3,(H,12,13)(H2,11,14,15). The quantitative estimate of drug-likeness (QED) is 0.861. The van der Waals surface area contributed by atoms with Gasteiger partial charge in [0.2, 0.25) is 15.9 Å². The van der Waals surface area contributed by atoms with Gasteiger partial charge in [0.05, 0.1) is 5.02 Å². The topological polar surface area (TPSA) is 89.3 Å². The van der Waals surface area contributed by atoms with E-state index in [1.54, 1.807) is 6.92 Å². The Bertz CT molecular complexity index is 513. The molecule has 1 amide bonds. The number of hydrogen-bond donors (Lipinski definition) is 2. The van der Waals surface area contributed by atoms with Crippen molar-refractivity contribution in [2.45, 2.75) is 18.2 Å². The first kappa shape index (κ1) is 13.0. The number of anilines is 1. The number of sulfonamides is 1. The molecule has 5 nitrogen and oxygen atoms in total. The fourth-order valence-corrected chi connectivity index (χ4v) is 2.15. The molecular weight excluding hydrogens is 252 g/mol. The van der Waals surface area contributed by atoms with Crippen molar-refractivity contribution in [2.24, 2.45) is 5.14 Å². The lowest BCUT2D eigenvalue weighted by atomic mass is 10.3. The van der Waals surface area contributed by atoms with E-state index in [9.17, 15) is 13.2 Å². The zero-order valence-electron chi connectivity index (χ0n) is 8.53. The molecule has 88 valence electrons. The largest absolute Gasteiger partial charge is 0.326 e. The lowest BCUT2D eigenvalue weighted by molar-refractivity contribution is -0.115. The summed E-state index contributed by atoms with van der Waals surface area (Å²) in [6.07, 6.45) is 0.328. The smallest absolute Gasteiger partial charge is 0.239 e. The van der Waals surface area contributed by atoms with Crippen LogP contribution in [0.2, 0.25) is 5.02 Å². The van der Waals surface area contributed by atoms with Crippen LogP contribution in [0.5, 0.6) is 0 Å². The van der Waals surface area contributed by atoms with Crippen LogP contribution in [0, 0.1) is 0 Å². The van der Waals surface area contributed by atoms with E-state index in [4.69, 9.17) is 16.7 Å². The minimum absolute atomic E-state index is 0.0172. The van der Waals surface area contributed by atoms with E-state index in [-0.39, 0.29) is 15.8 Å². The molecule has 0 radical (unpaired) electrons. The van der Waals surface area contributed by atoms with Crippen LogP contribution in [0.15, 0.2) is 23.1 Å². The molecule has 1 rings (SSSR count). The van der Waals surface area contributed by atoms with E-state index in [2.05, 4.69) is 5.32 Å². The normalized spacial score (nSPS) is 11.2. The highest BCUT2D eigenvalue weighted by Crippen LogP contribution is 2.23. The first-order valence-electron chi connectivity index (χ1n) is 4.46. The number of rotatable bonds is 3. The van der Waals surface area contributed by atoms with Crippen molar-refractivity contribution in [3.05, 3.63) is 23.2 Å². The van der Waals surface area contributed by atoms with Crippen LogP contribution in [0.25, 0.3) is 0 Å². The molecule has 0 saturated carbocycles. The van der Waals surface area contributed by atoms with Gasteiger partial charge in [-0.3, -0.25) is 4.79 Å². The monoisotopic (exact) mass is 262 g/mol. The van der Waals surface area contributed by atoms with Crippen molar-refractivity contribution in [1.82, 2.24) is 0 Å². The maximum atomic E-state index is 11.1. The van der Waals surface area contributed by atoms with Crippen LogP contribution in [0.4, 0.5) is 5.69 Å². The maximum absolute atomic E-state index is 11.1. The van der Waals surface area contributed by atoms with Gasteiger partial charge in [0.1, 0.15) is 4.90 Å². The fraction of sp³-hybridized carbons (Fsp3) is 0.222. The molecule has 0 aliphatic heterocycles. The molecule has 3 N–H and O–H groups in total. The SMILES string of the molecule is CCC(=O)Nc1ccc(S(N)(=O)=O)c(Cl)c1. The Kier molecular flexibility index (Phi) is 3.90. The molecule has 0 saturated heterocycles. The third-order valence-electron chi connectivity index (χ3n) is 1.84. The first-order chi connectivity index (χ1) is 7.34. The molecule has 0 aromatic heterocycles. The minimum atomic E-state index is -3.83. The highest BCUT2D eigenvalue weighted by molar-refractivity contribution is 7.89. The summed E-state index contributed by atoms with van der Waals surface area (Å²) in [7, 11) is -3.83. The number of carbonyl (C=O) groups is 1. The van der Waals surface area contributed by atoms with Crippen molar-refractivity contribution in [2.75, 3.05) is 5.32 Å². The van der Waals surface area contributed by atoms with Crippen molar-refractivity contribution in [1.29, 1.82) is 0 Å². The summed E-state index contributed by atoms with van der Waals surface area (Å²) in [5, 5.41) is 7.47. The van der Waals surface area contributed by atoms with E-state index in [1.165, 1.54) is 18.2 Å². The second-order valence-corrected chi connectivity index (χ2v) is 5.03. The second-order valence-electron chi connectivity index (χ2n) is 3.09. The van der Waals surface area contributed by atoms with Crippen LogP contribution in [0.1, 0.15) is 13.3 Å². The maximum Gasteiger partial charge on any atom is 0.239 e. The van der Waals surface area contributed by atoms with Crippen molar-refractivity contribution in [3.63, 3.8) is 0 Å². The predicted molar refractivity (Wildman–Crippen MR) is 61.7 cm³/mol. The fourth-order valence-electron chi connectivity index (χ4n) is 1.06. The van der Waals surface area contributed by atoms with Gasteiger partial charge in [-0.15, -0.1) is 0 Å². The Hall–Kier alpha value is -1.11. The van der Waals surface area contributed by atoms with Crippen LogP contribution in [0.3, 0.4) is 0 Å². The summed E-state index contributed by atoms with van der Waals surface area (Å²) in [5.74, 6) is -0.181. The number of nitrogens with one attached hydrogen (secondary N) is 1. The molecule has 0 spiro atoms. The van der Waals surface area contributed by atoms with Gasteiger partial charge in [-0.05, 0) is 18.2 Å². The van der Waals surface area contributed by atoms with Gasteiger partial charge in [0.15, 0.2) is 0 Å². The highest BCUT2D eigenvalue weighted by atomic mass is 35.5. The molecule has 0 aliphatic rings. The van der Waals surface area contributed by atoms with Gasteiger partial charge in [0, 0.05) is 12.1 Å². The van der Waals surface area contributed by atoms with Crippen molar-refractivity contribution < 1.29 is 13.2 Å². The van der Waals surface area contributed by atoms with Gasteiger partial charge >= 0.3 is 0 Å². The lowest BCUT2D eigenvalue weighted by Gasteiger charge is -2.06. The molecule has 1 aromatic rings. The second kappa shape index (κ2) is 4.82. The minimum Gasteiger partial charge on any atom is -0.326 e. The molecule has 0 atom stereocenters. The zero-order chi connectivity index (χ0) is 12.3. The van der Waals surface area contributed by atoms with Gasteiger partial charge in [0.25, 0.3) is 0 Å². The van der Waals surface area contributed by atoms with Crippen LogP contribution >= 0.6 is 11.6 Å². The van der Waals surface area contributed by atoms with Crippen LogP contribution < -0.4 is 10.5 Å². The third kappa shape index (κ3) is 3.19. The third-order valence-corrected chi connectivity index (χ3v) is 3.24. The number of nitrogens with two attached hydrogens (primary N) is 1. The first-order valence-corrected chi connectivity index (χ1v) is 6.39. The van der Waals surface area contributed by atoms with Gasteiger partial charge in [-0.25, -0.2) is 13.6 Å². The highest BCUT2D eigenvalue weighted by Gasteiger charge is 2.13. The van der Waals surface area contributed by atoms with Crippen molar-refractivity contribution >= 4 is 33.2 Å². The number of halogens is 1. The predicted octanol–water partition coefficient (Wildman–Crippen LogP) is 1.34. The summed E-state index contributed by atoms with van der Waals surface area (Å²) in [4.78, 5) is 10.9. The molecule has 1 aromatic carbocycles. The Labute approximate surface area is 98.6 Å². The number of amides is 1. The summed E-state index contributed by atoms with van der Waals surface area (Å²) in [6.45, 7) is 1.70. The molecule has 0 unspecified atom stereocenters. The molecule has 0 bridgehead atoms. The Morgan fingerprint density at radius 3 is 2.56 bits per heavy atom. The Morgan fingerprint density at radius 2 is 2.12 bits per heavy atom. The van der Waals surface area contributed by atoms with E-state index in [0.717, 1.165) is 0 Å². The van der Waals surface area contributed by atoms with Gasteiger partial charge in [-0.2, -0.15) is 0 Å². The average molecular weight is 263 g/mol. The molecular formula is C9H11ClN2O3S.